The van der Waals surface area contributed by atoms with E-state index in [1.807, 2.05) is 19.9 Å². The molecular formula is C14H19NO4S. The molecular weight excluding hydrogens is 278 g/mol. The number of nitrogens with zero attached hydrogens (tertiary/aromatic N) is 1. The van der Waals surface area contributed by atoms with Crippen LogP contribution in [0.1, 0.15) is 27.9 Å². The molecule has 20 heavy (non-hydrogen) atoms. The second-order valence-corrected chi connectivity index (χ2v) is 6.25. The minimum absolute atomic E-state index is 0.0910. The van der Waals surface area contributed by atoms with E-state index in [0.29, 0.717) is 18.0 Å². The molecule has 1 aromatic rings. The van der Waals surface area contributed by atoms with Crippen molar-refractivity contribution in [1.82, 2.24) is 4.90 Å². The first-order chi connectivity index (χ1) is 9.54. The molecule has 0 radical (unpaired) electrons. The maximum absolute atomic E-state index is 12.6. The number of ether oxygens (including phenoxy) is 1. The number of carboxylic acids is 1. The molecule has 0 aromatic carbocycles. The molecule has 0 aliphatic carbocycles. The number of amides is 1. The number of aryl methyl sites for hydroxylation is 1. The quantitative estimate of drug-likeness (QED) is 0.903. The van der Waals surface area contributed by atoms with E-state index in [9.17, 15) is 14.7 Å². The number of hydrogen-bond acceptors (Lipinski definition) is 4. The topological polar surface area (TPSA) is 66.8 Å². The van der Waals surface area contributed by atoms with Crippen molar-refractivity contribution in [3.63, 3.8) is 0 Å². The number of hydrogen-bond donors (Lipinski definition) is 1. The second-order valence-electron chi connectivity index (χ2n) is 4.96. The highest BCUT2D eigenvalue weighted by Crippen LogP contribution is 2.24. The number of carbonyl (C=O) groups excluding carboxylic acids is 1. The summed E-state index contributed by atoms with van der Waals surface area (Å²) >= 11 is 1.44. The van der Waals surface area contributed by atoms with Gasteiger partial charge in [-0.1, -0.05) is 6.92 Å². The minimum atomic E-state index is -0.899. The molecule has 110 valence electrons. The fourth-order valence-corrected chi connectivity index (χ4v) is 3.26. The van der Waals surface area contributed by atoms with Crippen molar-refractivity contribution in [2.24, 2.45) is 5.92 Å². The first-order valence-electron chi connectivity index (χ1n) is 6.72. The van der Waals surface area contributed by atoms with Gasteiger partial charge in [0.2, 0.25) is 0 Å². The van der Waals surface area contributed by atoms with E-state index in [-0.39, 0.29) is 18.6 Å². The lowest BCUT2D eigenvalue weighted by molar-refractivity contribution is -0.142. The number of thiophene rings is 1. The van der Waals surface area contributed by atoms with Crippen molar-refractivity contribution < 1.29 is 19.4 Å². The van der Waals surface area contributed by atoms with Crippen molar-refractivity contribution in [3.05, 3.63) is 21.9 Å². The third-order valence-electron chi connectivity index (χ3n) is 3.44. The number of rotatable bonds is 5. The SMILES string of the molecule is CCCN(C(=O)c1ccc(C)s1)C1COCC1C(=O)O. The van der Waals surface area contributed by atoms with E-state index in [0.717, 1.165) is 11.3 Å². The van der Waals surface area contributed by atoms with Crippen molar-refractivity contribution in [2.75, 3.05) is 19.8 Å². The highest BCUT2D eigenvalue weighted by molar-refractivity contribution is 7.13. The van der Waals surface area contributed by atoms with E-state index >= 15 is 0 Å². The highest BCUT2D eigenvalue weighted by Gasteiger charge is 2.40. The summed E-state index contributed by atoms with van der Waals surface area (Å²) in [7, 11) is 0. The Labute approximate surface area is 122 Å². The molecule has 1 aliphatic rings. The Balaban J connectivity index is 2.22. The first-order valence-corrected chi connectivity index (χ1v) is 7.54. The van der Waals surface area contributed by atoms with Crippen LogP contribution in [0.5, 0.6) is 0 Å². The number of carboxylic acid groups (broad SMARTS) is 1. The van der Waals surface area contributed by atoms with E-state index in [1.54, 1.807) is 11.0 Å². The predicted molar refractivity (Wildman–Crippen MR) is 76.1 cm³/mol. The summed E-state index contributed by atoms with van der Waals surface area (Å²) in [6.07, 6.45) is 0.791. The van der Waals surface area contributed by atoms with E-state index in [2.05, 4.69) is 0 Å². The minimum Gasteiger partial charge on any atom is -0.481 e. The molecule has 0 bridgehead atoms. The summed E-state index contributed by atoms with van der Waals surface area (Å²) in [5, 5.41) is 9.24. The molecule has 2 atom stereocenters. The highest BCUT2D eigenvalue weighted by atomic mass is 32.1. The van der Waals surface area contributed by atoms with Crippen LogP contribution in [0.15, 0.2) is 12.1 Å². The zero-order valence-electron chi connectivity index (χ0n) is 11.7. The van der Waals surface area contributed by atoms with E-state index in [4.69, 9.17) is 4.74 Å². The lowest BCUT2D eigenvalue weighted by atomic mass is 10.0. The number of carbonyl (C=O) groups is 2. The van der Waals surface area contributed by atoms with Gasteiger partial charge in [0.15, 0.2) is 0 Å². The Bertz CT molecular complexity index is 499. The van der Waals surface area contributed by atoms with Crippen LogP contribution in [0.25, 0.3) is 0 Å². The van der Waals surface area contributed by atoms with Gasteiger partial charge in [0.1, 0.15) is 5.92 Å². The molecule has 1 aromatic heterocycles. The molecule has 5 nitrogen and oxygen atoms in total. The van der Waals surface area contributed by atoms with Crippen LogP contribution in [0.4, 0.5) is 0 Å². The lowest BCUT2D eigenvalue weighted by Gasteiger charge is -2.29. The normalized spacial score (nSPS) is 21.9. The molecule has 2 rings (SSSR count). The lowest BCUT2D eigenvalue weighted by Crippen LogP contribution is -2.46. The molecule has 2 unspecified atom stereocenters. The maximum atomic E-state index is 12.6. The van der Waals surface area contributed by atoms with Crippen molar-refractivity contribution in [3.8, 4) is 0 Å². The Kier molecular flexibility index (Phi) is 4.77. The smallest absolute Gasteiger partial charge is 0.311 e. The maximum Gasteiger partial charge on any atom is 0.311 e. The first kappa shape index (κ1) is 15.0. The van der Waals surface area contributed by atoms with Gasteiger partial charge in [-0.05, 0) is 25.5 Å². The molecule has 1 amide bonds. The third-order valence-corrected chi connectivity index (χ3v) is 4.43. The molecule has 2 heterocycles. The van der Waals surface area contributed by atoms with Crippen LogP contribution < -0.4 is 0 Å². The zero-order valence-corrected chi connectivity index (χ0v) is 12.5. The zero-order chi connectivity index (χ0) is 14.7. The van der Waals surface area contributed by atoms with Gasteiger partial charge >= 0.3 is 5.97 Å². The van der Waals surface area contributed by atoms with Crippen molar-refractivity contribution in [2.45, 2.75) is 26.3 Å². The Morgan fingerprint density at radius 1 is 1.45 bits per heavy atom. The monoisotopic (exact) mass is 297 g/mol. The van der Waals surface area contributed by atoms with Crippen LogP contribution >= 0.6 is 11.3 Å². The molecule has 1 aliphatic heterocycles. The van der Waals surface area contributed by atoms with Gasteiger partial charge in [-0.3, -0.25) is 9.59 Å². The third kappa shape index (κ3) is 3.02. The van der Waals surface area contributed by atoms with Gasteiger partial charge in [-0.15, -0.1) is 11.3 Å². The van der Waals surface area contributed by atoms with Gasteiger partial charge < -0.3 is 14.7 Å². The standard InChI is InChI=1S/C14H19NO4S/c1-3-6-15(11-8-19-7-10(11)14(17)18)13(16)12-5-4-9(2)20-12/h4-5,10-11H,3,6-8H2,1-2H3,(H,17,18). The molecule has 1 saturated heterocycles. The largest absolute Gasteiger partial charge is 0.481 e. The summed E-state index contributed by atoms with van der Waals surface area (Å²) in [5.41, 5.74) is 0. The van der Waals surface area contributed by atoms with Crippen LogP contribution in [-0.2, 0) is 9.53 Å². The fourth-order valence-electron chi connectivity index (χ4n) is 2.44. The predicted octanol–water partition coefficient (Wildman–Crippen LogP) is 2.01. The Morgan fingerprint density at radius 3 is 2.75 bits per heavy atom. The van der Waals surface area contributed by atoms with Gasteiger partial charge in [0, 0.05) is 11.4 Å². The second kappa shape index (κ2) is 6.37. The van der Waals surface area contributed by atoms with Crippen LogP contribution in [0.3, 0.4) is 0 Å². The average molecular weight is 297 g/mol. The molecule has 0 spiro atoms. The number of aliphatic carboxylic acids is 1. The van der Waals surface area contributed by atoms with Gasteiger partial charge in [-0.25, -0.2) is 0 Å². The molecule has 6 heteroatoms. The summed E-state index contributed by atoms with van der Waals surface area (Å²) < 4.78 is 5.28. The van der Waals surface area contributed by atoms with Crippen LogP contribution in [0.2, 0.25) is 0 Å². The van der Waals surface area contributed by atoms with Gasteiger partial charge in [0.05, 0.1) is 24.1 Å². The van der Waals surface area contributed by atoms with Crippen LogP contribution in [0, 0.1) is 12.8 Å². The fraction of sp³-hybridized carbons (Fsp3) is 0.571. The van der Waals surface area contributed by atoms with Crippen LogP contribution in [-0.4, -0.2) is 47.7 Å². The Morgan fingerprint density at radius 2 is 2.20 bits per heavy atom. The molecule has 1 fully saturated rings. The molecule has 0 saturated carbocycles. The summed E-state index contributed by atoms with van der Waals surface area (Å²) in [6, 6.07) is 3.33. The van der Waals surface area contributed by atoms with E-state index in [1.165, 1.54) is 11.3 Å². The summed E-state index contributed by atoms with van der Waals surface area (Å²) in [4.78, 5) is 27.3. The summed E-state index contributed by atoms with van der Waals surface area (Å²) in [5.74, 6) is -1.62. The average Bonchev–Trinajstić information content (AvgIpc) is 3.03. The Hall–Kier alpha value is -1.40. The van der Waals surface area contributed by atoms with Crippen molar-refractivity contribution >= 4 is 23.2 Å². The molecule has 1 N–H and O–H groups in total. The van der Waals surface area contributed by atoms with Gasteiger partial charge in [-0.2, -0.15) is 0 Å². The summed E-state index contributed by atoms with van der Waals surface area (Å²) in [6.45, 7) is 4.95. The van der Waals surface area contributed by atoms with Crippen molar-refractivity contribution in [1.29, 1.82) is 0 Å². The van der Waals surface area contributed by atoms with Gasteiger partial charge in [0.25, 0.3) is 5.91 Å². The van der Waals surface area contributed by atoms with E-state index < -0.39 is 11.9 Å².